The zero-order valence-electron chi connectivity index (χ0n) is 21.6. The van der Waals surface area contributed by atoms with E-state index in [9.17, 15) is 9.90 Å². The van der Waals surface area contributed by atoms with E-state index in [-0.39, 0.29) is 28.8 Å². The molecule has 35 heavy (non-hydrogen) atoms. The number of carbonyl (C=O) groups excluding carboxylic acids is 1. The van der Waals surface area contributed by atoms with Gasteiger partial charge in [-0.25, -0.2) is 4.79 Å². The highest BCUT2D eigenvalue weighted by Gasteiger charge is 2.37. The van der Waals surface area contributed by atoms with Crippen molar-refractivity contribution in [1.82, 2.24) is 0 Å². The molecule has 0 bridgehead atoms. The van der Waals surface area contributed by atoms with Crippen molar-refractivity contribution < 1.29 is 19.4 Å². The molecule has 4 atom stereocenters. The molecule has 1 aliphatic rings. The Balaban J connectivity index is 1.58. The molecule has 194 valence electrons. The third kappa shape index (κ3) is 7.31. The van der Waals surface area contributed by atoms with Crippen LogP contribution in [0.4, 0.5) is 0 Å². The van der Waals surface area contributed by atoms with Gasteiger partial charge in [-0.05, 0) is 55.4 Å². The summed E-state index contributed by atoms with van der Waals surface area (Å²) in [5.41, 5.74) is 2.13. The number of alkyl halides is 1. The summed E-state index contributed by atoms with van der Waals surface area (Å²) in [5, 5.41) is 10.9. The first kappa shape index (κ1) is 28.2. The topological polar surface area (TPSA) is 55.8 Å². The Morgan fingerprint density at radius 1 is 1.14 bits per heavy atom. The molecule has 3 rings (SSSR count). The Morgan fingerprint density at radius 2 is 1.89 bits per heavy atom. The van der Waals surface area contributed by atoms with Crippen LogP contribution in [0.2, 0.25) is 0 Å². The van der Waals surface area contributed by atoms with Crippen LogP contribution in [0.1, 0.15) is 97.8 Å². The molecule has 1 fully saturated rings. The lowest BCUT2D eigenvalue weighted by molar-refractivity contribution is 0.0532. The van der Waals surface area contributed by atoms with Crippen LogP contribution in [0.3, 0.4) is 0 Å². The molecule has 0 aliphatic heterocycles. The van der Waals surface area contributed by atoms with E-state index >= 15 is 0 Å². The summed E-state index contributed by atoms with van der Waals surface area (Å²) >= 11 is 8.20. The standard InChI is InChI=1S/C29H41ClO4S/c1-5-7-8-9-26(31)29(3,4)22-13-10-20(11-14-22)27-21(12-16-24(27)30)18-33-19-23-15-17-25(35-23)28(32)34-6-2/h10-11,13-15,17,21,24,26-27,31H,5-9,12,16,18-19H2,1-4H3. The number of benzene rings is 1. The third-order valence-corrected chi connectivity index (χ3v) is 8.91. The zero-order chi connectivity index (χ0) is 25.4. The number of aliphatic hydroxyl groups is 1. The van der Waals surface area contributed by atoms with Crippen molar-refractivity contribution in [1.29, 1.82) is 0 Å². The van der Waals surface area contributed by atoms with Crippen LogP contribution in [0.25, 0.3) is 0 Å². The summed E-state index contributed by atoms with van der Waals surface area (Å²) < 4.78 is 11.1. The minimum Gasteiger partial charge on any atom is -0.462 e. The molecular formula is C29H41ClO4S. The van der Waals surface area contributed by atoms with Crippen molar-refractivity contribution in [2.75, 3.05) is 13.2 Å². The van der Waals surface area contributed by atoms with Gasteiger partial charge >= 0.3 is 5.97 Å². The quantitative estimate of drug-likeness (QED) is 0.169. The van der Waals surface area contributed by atoms with E-state index in [0.717, 1.165) is 49.0 Å². The van der Waals surface area contributed by atoms with E-state index in [1.54, 1.807) is 6.07 Å². The van der Waals surface area contributed by atoms with E-state index in [1.807, 2.05) is 13.0 Å². The fourth-order valence-electron chi connectivity index (χ4n) is 5.05. The number of ether oxygens (including phenoxy) is 2. The van der Waals surface area contributed by atoms with E-state index in [0.29, 0.717) is 30.6 Å². The maximum Gasteiger partial charge on any atom is 0.348 e. The molecule has 1 aromatic carbocycles. The van der Waals surface area contributed by atoms with Gasteiger partial charge in [0.05, 0.1) is 25.9 Å². The smallest absolute Gasteiger partial charge is 0.348 e. The number of unbranched alkanes of at least 4 members (excludes halogenated alkanes) is 2. The van der Waals surface area contributed by atoms with Crippen molar-refractivity contribution in [2.45, 2.75) is 95.6 Å². The number of rotatable bonds is 13. The summed E-state index contributed by atoms with van der Waals surface area (Å²) in [7, 11) is 0. The van der Waals surface area contributed by atoms with Gasteiger partial charge < -0.3 is 14.6 Å². The zero-order valence-corrected chi connectivity index (χ0v) is 23.2. The van der Waals surface area contributed by atoms with Gasteiger partial charge in [0.25, 0.3) is 0 Å². The maximum atomic E-state index is 11.9. The van der Waals surface area contributed by atoms with Crippen molar-refractivity contribution >= 4 is 28.9 Å². The Labute approximate surface area is 220 Å². The van der Waals surface area contributed by atoms with Gasteiger partial charge in [0.2, 0.25) is 0 Å². The summed E-state index contributed by atoms with van der Waals surface area (Å²) in [6.45, 7) is 9.77. The first-order chi connectivity index (χ1) is 16.8. The number of hydrogen-bond donors (Lipinski definition) is 1. The van der Waals surface area contributed by atoms with Gasteiger partial charge in [0, 0.05) is 21.6 Å². The van der Waals surface area contributed by atoms with Crippen LogP contribution < -0.4 is 0 Å². The van der Waals surface area contributed by atoms with Crippen molar-refractivity contribution in [3.8, 4) is 0 Å². The van der Waals surface area contributed by atoms with Gasteiger partial charge in [-0.1, -0.05) is 64.3 Å². The highest BCUT2D eigenvalue weighted by atomic mass is 35.5. The minimum absolute atomic E-state index is 0.0965. The average molecular weight is 521 g/mol. The lowest BCUT2D eigenvalue weighted by atomic mass is 9.76. The van der Waals surface area contributed by atoms with Gasteiger partial charge in [0.1, 0.15) is 4.88 Å². The molecule has 1 saturated carbocycles. The maximum absolute atomic E-state index is 11.9. The number of carbonyl (C=O) groups is 1. The molecule has 0 spiro atoms. The van der Waals surface area contributed by atoms with E-state index in [1.165, 1.54) is 16.9 Å². The fraction of sp³-hybridized carbons (Fsp3) is 0.621. The third-order valence-electron chi connectivity index (χ3n) is 7.38. The van der Waals surface area contributed by atoms with Crippen LogP contribution in [0.15, 0.2) is 36.4 Å². The second-order valence-corrected chi connectivity index (χ2v) is 12.0. The molecule has 2 aromatic rings. The molecule has 0 radical (unpaired) electrons. The molecule has 6 heteroatoms. The van der Waals surface area contributed by atoms with Gasteiger partial charge in [-0.15, -0.1) is 22.9 Å². The van der Waals surface area contributed by atoms with E-state index < -0.39 is 0 Å². The van der Waals surface area contributed by atoms with Crippen molar-refractivity contribution in [2.24, 2.45) is 5.92 Å². The average Bonchev–Trinajstić information content (AvgIpc) is 3.46. The predicted molar refractivity (Wildman–Crippen MR) is 145 cm³/mol. The van der Waals surface area contributed by atoms with Crippen LogP contribution in [-0.4, -0.2) is 35.8 Å². The number of halogens is 1. The predicted octanol–water partition coefficient (Wildman–Crippen LogP) is 7.46. The van der Waals surface area contributed by atoms with Crippen LogP contribution in [0, 0.1) is 5.92 Å². The molecular weight excluding hydrogens is 480 g/mol. The minimum atomic E-state index is -0.352. The lowest BCUT2D eigenvalue weighted by Gasteiger charge is -2.32. The van der Waals surface area contributed by atoms with Crippen LogP contribution >= 0.6 is 22.9 Å². The summed E-state index contributed by atoms with van der Waals surface area (Å²) in [6, 6.07) is 12.5. The second-order valence-electron chi connectivity index (χ2n) is 10.2. The van der Waals surface area contributed by atoms with E-state index in [4.69, 9.17) is 21.1 Å². The SMILES string of the molecule is CCCCCC(O)C(C)(C)c1ccc(C2C(Cl)CCC2COCc2ccc(C(=O)OCC)s2)cc1. The molecule has 1 N–H and O–H groups in total. The number of thiophene rings is 1. The second kappa shape index (κ2) is 13.2. The van der Waals surface area contributed by atoms with Crippen LogP contribution in [-0.2, 0) is 21.5 Å². The molecule has 0 amide bonds. The van der Waals surface area contributed by atoms with Crippen molar-refractivity contribution in [3.05, 3.63) is 57.3 Å². The largest absolute Gasteiger partial charge is 0.462 e. The molecule has 4 nitrogen and oxygen atoms in total. The highest BCUT2D eigenvalue weighted by molar-refractivity contribution is 7.13. The number of hydrogen-bond acceptors (Lipinski definition) is 5. The Hall–Kier alpha value is -1.40. The van der Waals surface area contributed by atoms with Crippen LogP contribution in [0.5, 0.6) is 0 Å². The molecule has 1 aromatic heterocycles. The van der Waals surface area contributed by atoms with Gasteiger partial charge in [-0.2, -0.15) is 0 Å². The Bertz CT molecular complexity index is 923. The van der Waals surface area contributed by atoms with E-state index in [2.05, 4.69) is 45.0 Å². The normalized spacial score (nSPS) is 21.3. The summed E-state index contributed by atoms with van der Waals surface area (Å²) in [6.07, 6.45) is 5.89. The molecule has 0 saturated heterocycles. The molecule has 4 unspecified atom stereocenters. The van der Waals surface area contributed by atoms with Gasteiger partial charge in [0.15, 0.2) is 0 Å². The first-order valence-electron chi connectivity index (χ1n) is 13.0. The number of esters is 1. The summed E-state index contributed by atoms with van der Waals surface area (Å²) in [4.78, 5) is 13.5. The number of aliphatic hydroxyl groups excluding tert-OH is 1. The Morgan fingerprint density at radius 3 is 2.57 bits per heavy atom. The fourth-order valence-corrected chi connectivity index (χ4v) is 6.37. The van der Waals surface area contributed by atoms with Gasteiger partial charge in [-0.3, -0.25) is 0 Å². The van der Waals surface area contributed by atoms with Crippen molar-refractivity contribution in [3.63, 3.8) is 0 Å². The summed E-state index contributed by atoms with van der Waals surface area (Å²) in [5.74, 6) is 0.340. The molecule has 1 heterocycles. The first-order valence-corrected chi connectivity index (χ1v) is 14.3. The molecule has 1 aliphatic carbocycles. The monoisotopic (exact) mass is 520 g/mol. The lowest BCUT2D eigenvalue weighted by Crippen LogP contribution is -2.33. The highest BCUT2D eigenvalue weighted by Crippen LogP contribution is 2.44. The Kier molecular flexibility index (Phi) is 10.7.